The van der Waals surface area contributed by atoms with Crippen molar-refractivity contribution in [3.63, 3.8) is 0 Å². The summed E-state index contributed by atoms with van der Waals surface area (Å²) >= 11 is 0. The van der Waals surface area contributed by atoms with Crippen LogP contribution < -0.4 is 16.4 Å². The number of rotatable bonds is 7. The lowest BCUT2D eigenvalue weighted by Gasteiger charge is -2.18. The first-order chi connectivity index (χ1) is 17.8. The Morgan fingerprint density at radius 1 is 0.974 bits per heavy atom. The highest BCUT2D eigenvalue weighted by molar-refractivity contribution is 5.83. The van der Waals surface area contributed by atoms with E-state index in [9.17, 15) is 35.9 Å². The Kier molecular flexibility index (Phi) is 7.24. The minimum atomic E-state index is -4.85. The Morgan fingerprint density at radius 2 is 1.71 bits per heavy atom. The first-order valence-electron chi connectivity index (χ1n) is 11.3. The van der Waals surface area contributed by atoms with Crippen LogP contribution in [-0.4, -0.2) is 30.8 Å². The summed E-state index contributed by atoms with van der Waals surface area (Å²) < 4.78 is 79.4. The maximum Gasteiger partial charge on any atom is 0.423 e. The third-order valence-corrected chi connectivity index (χ3v) is 5.79. The highest BCUT2D eigenvalue weighted by atomic mass is 19.4. The highest BCUT2D eigenvalue weighted by Crippen LogP contribution is 2.32. The zero-order chi connectivity index (χ0) is 27.7. The normalized spacial score (nSPS) is 13.0. The molecule has 0 bridgehead atoms. The predicted octanol–water partition coefficient (Wildman–Crippen LogP) is 4.86. The van der Waals surface area contributed by atoms with Crippen LogP contribution in [0.2, 0.25) is 0 Å². The maximum atomic E-state index is 13.2. The molecular formula is C24H20F6N6O2. The van der Waals surface area contributed by atoms with Crippen molar-refractivity contribution in [2.45, 2.75) is 44.7 Å². The van der Waals surface area contributed by atoms with Crippen LogP contribution in [0.4, 0.5) is 32.0 Å². The van der Waals surface area contributed by atoms with Gasteiger partial charge in [0.2, 0.25) is 0 Å². The largest absolute Gasteiger partial charge is 0.423 e. The molecule has 0 amide bonds. The molecule has 4 aromatic heterocycles. The van der Waals surface area contributed by atoms with Crippen LogP contribution in [0.25, 0.3) is 22.2 Å². The van der Waals surface area contributed by atoms with Crippen molar-refractivity contribution in [2.75, 3.05) is 5.32 Å². The Bertz CT molecular complexity index is 1560. The van der Waals surface area contributed by atoms with E-state index in [1.807, 2.05) is 0 Å². The number of hydrogen-bond donors (Lipinski definition) is 2. The van der Waals surface area contributed by atoms with Gasteiger partial charge in [-0.05, 0) is 49.4 Å². The lowest BCUT2D eigenvalue weighted by molar-refractivity contribution is -0.138. The van der Waals surface area contributed by atoms with E-state index in [0.717, 1.165) is 12.3 Å². The average Bonchev–Trinajstić information content (AvgIpc) is 2.84. The first-order valence-corrected chi connectivity index (χ1v) is 11.3. The monoisotopic (exact) mass is 538 g/mol. The molecule has 0 aliphatic rings. The average molecular weight is 538 g/mol. The van der Waals surface area contributed by atoms with E-state index in [1.165, 1.54) is 16.8 Å². The summed E-state index contributed by atoms with van der Waals surface area (Å²) in [4.78, 5) is 32.5. The molecular weight excluding hydrogens is 518 g/mol. The Labute approximate surface area is 210 Å². The van der Waals surface area contributed by atoms with Gasteiger partial charge in [-0.3, -0.25) is 19.6 Å². The molecule has 0 aliphatic heterocycles. The summed E-state index contributed by atoms with van der Waals surface area (Å²) in [6, 6.07) is 4.85. The van der Waals surface area contributed by atoms with Crippen LogP contribution >= 0.6 is 0 Å². The number of aromatic nitrogens is 5. The zero-order valence-electron chi connectivity index (χ0n) is 19.7. The first kappa shape index (κ1) is 26.8. The predicted molar refractivity (Wildman–Crippen MR) is 126 cm³/mol. The van der Waals surface area contributed by atoms with Crippen molar-refractivity contribution in [2.24, 2.45) is 0 Å². The molecule has 0 unspecified atom stereocenters. The fourth-order valence-corrected chi connectivity index (χ4v) is 3.90. The number of halogens is 6. The van der Waals surface area contributed by atoms with Gasteiger partial charge in [0.15, 0.2) is 0 Å². The minimum absolute atomic E-state index is 0.217. The number of fused-ring (bicyclic) bond motifs is 1. The van der Waals surface area contributed by atoms with Crippen LogP contribution in [0.15, 0.2) is 58.6 Å². The third kappa shape index (κ3) is 5.84. The van der Waals surface area contributed by atoms with Crippen molar-refractivity contribution in [1.29, 1.82) is 0 Å². The number of aromatic amines is 1. The Morgan fingerprint density at radius 3 is 2.37 bits per heavy atom. The van der Waals surface area contributed by atoms with Gasteiger partial charge in [-0.25, -0.2) is 5.10 Å². The molecule has 4 heterocycles. The van der Waals surface area contributed by atoms with E-state index in [4.69, 9.17) is 0 Å². The van der Waals surface area contributed by atoms with Gasteiger partial charge in [0.25, 0.3) is 11.1 Å². The van der Waals surface area contributed by atoms with Gasteiger partial charge in [0, 0.05) is 31.2 Å². The maximum absolute atomic E-state index is 13.2. The van der Waals surface area contributed by atoms with Crippen LogP contribution in [0, 0.1) is 0 Å². The van der Waals surface area contributed by atoms with Crippen molar-refractivity contribution >= 4 is 16.5 Å². The van der Waals surface area contributed by atoms with E-state index in [1.54, 1.807) is 30.4 Å². The number of aryl methyl sites for hydroxylation is 1. The molecule has 0 saturated carbocycles. The number of alkyl halides is 6. The minimum Gasteiger partial charge on any atom is -0.381 e. The molecule has 0 spiro atoms. The Hall–Kier alpha value is -4.23. The van der Waals surface area contributed by atoms with Gasteiger partial charge in [0.1, 0.15) is 5.56 Å². The van der Waals surface area contributed by atoms with Crippen LogP contribution in [0.5, 0.6) is 0 Å². The number of nitrogens with one attached hydrogen (secondary N) is 2. The van der Waals surface area contributed by atoms with Gasteiger partial charge in [-0.1, -0.05) is 0 Å². The molecule has 0 aliphatic carbocycles. The Balaban J connectivity index is 1.43. The molecule has 8 nitrogen and oxygen atoms in total. The fraction of sp³-hybridized carbons (Fsp3) is 0.292. The molecule has 4 rings (SSSR count). The summed E-state index contributed by atoms with van der Waals surface area (Å²) in [6.45, 7) is 1.91. The van der Waals surface area contributed by atoms with Gasteiger partial charge in [0.05, 0.1) is 34.2 Å². The SMILES string of the molecule is C[C@@H](CCCn1ccc2cc(-c3ccc(C(F)(F)F)cn3)ncc2c1=O)Nc1cn[nH]c(=O)c1C(F)(F)F. The molecule has 4 aromatic rings. The van der Waals surface area contributed by atoms with Crippen molar-refractivity contribution < 1.29 is 26.3 Å². The molecule has 14 heteroatoms. The number of hydrogen-bond acceptors (Lipinski definition) is 6. The second-order valence-electron chi connectivity index (χ2n) is 8.57. The summed E-state index contributed by atoms with van der Waals surface area (Å²) in [6.07, 6.45) is -4.06. The van der Waals surface area contributed by atoms with Crippen LogP contribution in [0.3, 0.4) is 0 Å². The van der Waals surface area contributed by atoms with E-state index in [-0.39, 0.29) is 17.8 Å². The van der Waals surface area contributed by atoms with E-state index in [0.29, 0.717) is 35.5 Å². The van der Waals surface area contributed by atoms with Crippen molar-refractivity contribution in [3.8, 4) is 11.4 Å². The second kappa shape index (κ2) is 10.3. The molecule has 2 N–H and O–H groups in total. The molecule has 1 atom stereocenters. The second-order valence-corrected chi connectivity index (χ2v) is 8.57. The smallest absolute Gasteiger partial charge is 0.381 e. The molecule has 0 aromatic carbocycles. The number of nitrogens with zero attached hydrogens (tertiary/aromatic N) is 4. The number of H-pyrrole nitrogens is 1. The molecule has 200 valence electrons. The van der Waals surface area contributed by atoms with Crippen LogP contribution in [-0.2, 0) is 18.9 Å². The summed E-state index contributed by atoms with van der Waals surface area (Å²) in [5.41, 5.74) is -3.84. The van der Waals surface area contributed by atoms with Crippen LogP contribution in [0.1, 0.15) is 30.9 Å². The molecule has 0 fully saturated rings. The van der Waals surface area contributed by atoms with Gasteiger partial charge in [-0.2, -0.15) is 31.4 Å². The van der Waals surface area contributed by atoms with Gasteiger partial charge in [-0.15, -0.1) is 0 Å². The fourth-order valence-electron chi connectivity index (χ4n) is 3.90. The van der Waals surface area contributed by atoms with Gasteiger partial charge >= 0.3 is 12.4 Å². The lowest BCUT2D eigenvalue weighted by Crippen LogP contribution is -2.27. The summed E-state index contributed by atoms with van der Waals surface area (Å²) in [5, 5.41) is 8.66. The molecule has 0 radical (unpaired) electrons. The van der Waals surface area contributed by atoms with E-state index >= 15 is 0 Å². The standard InChI is InChI=1S/C24H20F6N6O2/c1-13(34-19-12-33-35-21(37)20(19)24(28,29)30)3-2-7-36-8-6-14-9-18(32-11-16(14)22(36)38)17-5-4-15(10-31-17)23(25,26)27/h4-6,8-13H,2-3,7H2,1H3,(H2,34,35,37)/t13-/m0/s1. The third-order valence-electron chi connectivity index (χ3n) is 5.79. The topological polar surface area (TPSA) is 106 Å². The summed E-state index contributed by atoms with van der Waals surface area (Å²) in [5.74, 6) is 0. The molecule has 0 saturated heterocycles. The highest BCUT2D eigenvalue weighted by Gasteiger charge is 2.37. The summed E-state index contributed by atoms with van der Waals surface area (Å²) in [7, 11) is 0. The van der Waals surface area contributed by atoms with E-state index < -0.39 is 40.8 Å². The lowest BCUT2D eigenvalue weighted by atomic mass is 10.1. The quantitative estimate of drug-likeness (QED) is 0.326. The van der Waals surface area contributed by atoms with E-state index in [2.05, 4.69) is 20.4 Å². The van der Waals surface area contributed by atoms with Crippen molar-refractivity contribution in [3.05, 3.63) is 80.9 Å². The van der Waals surface area contributed by atoms with Gasteiger partial charge < -0.3 is 9.88 Å². The zero-order valence-corrected chi connectivity index (χ0v) is 19.7. The molecule has 38 heavy (non-hydrogen) atoms. The number of pyridine rings is 3. The van der Waals surface area contributed by atoms with Crippen molar-refractivity contribution in [1.82, 2.24) is 24.7 Å². The number of anilines is 1.